The van der Waals surface area contributed by atoms with Gasteiger partial charge in [0, 0.05) is 20.1 Å². The zero-order valence-corrected chi connectivity index (χ0v) is 10.6. The first-order chi connectivity index (χ1) is 7.15. The average Bonchev–Trinajstić information content (AvgIpc) is 2.51. The van der Waals surface area contributed by atoms with Crippen LogP contribution in [-0.4, -0.2) is 46.4 Å². The quantitative estimate of drug-likeness (QED) is 0.634. The van der Waals surface area contributed by atoms with Crippen molar-refractivity contribution in [3.8, 4) is 0 Å². The zero-order valence-electron chi connectivity index (χ0n) is 10.6. The second kappa shape index (κ2) is 5.33. The van der Waals surface area contributed by atoms with Gasteiger partial charge in [0.15, 0.2) is 0 Å². The van der Waals surface area contributed by atoms with Gasteiger partial charge in [-0.25, -0.2) is 0 Å². The number of ether oxygens (including phenoxy) is 3. The van der Waals surface area contributed by atoms with Crippen molar-refractivity contribution < 1.29 is 14.2 Å². The van der Waals surface area contributed by atoms with Crippen LogP contribution in [0, 0.1) is 5.92 Å². The summed E-state index contributed by atoms with van der Waals surface area (Å²) in [5.41, 5.74) is -0.149. The molecule has 1 aliphatic rings. The monoisotopic (exact) mass is 214 g/mol. The summed E-state index contributed by atoms with van der Waals surface area (Å²) < 4.78 is 17.0. The van der Waals surface area contributed by atoms with Gasteiger partial charge in [-0.2, -0.15) is 0 Å². The largest absolute Gasteiger partial charge is 0.382 e. The fourth-order valence-corrected chi connectivity index (χ4v) is 2.94. The first kappa shape index (κ1) is 13.0. The van der Waals surface area contributed by atoms with Gasteiger partial charge in [-0.3, -0.25) is 0 Å². The highest BCUT2D eigenvalue weighted by atomic mass is 16.6. The molecule has 0 aromatic carbocycles. The predicted molar refractivity (Wildman–Crippen MR) is 62.9 cm³/mol. The van der Waals surface area contributed by atoms with Crippen LogP contribution < -0.4 is 0 Å². The molecule has 0 spiro atoms. The summed E-state index contributed by atoms with van der Waals surface area (Å²) in [6.45, 7) is 5.01. The van der Waals surface area contributed by atoms with E-state index in [-0.39, 0.29) is 17.7 Å². The SMILES string of the molecule is B[C@@H]1O[C@](CC)(COC)[C@@H](CC)[C@H]1OC. The Morgan fingerprint density at radius 1 is 1.33 bits per heavy atom. The van der Waals surface area contributed by atoms with Crippen LogP contribution in [0.25, 0.3) is 0 Å². The molecule has 0 bridgehead atoms. The Kier molecular flexibility index (Phi) is 4.62. The number of hydrogen-bond acceptors (Lipinski definition) is 3. The molecule has 3 nitrogen and oxygen atoms in total. The minimum Gasteiger partial charge on any atom is -0.382 e. The van der Waals surface area contributed by atoms with Gasteiger partial charge >= 0.3 is 0 Å². The fourth-order valence-electron chi connectivity index (χ4n) is 2.94. The summed E-state index contributed by atoms with van der Waals surface area (Å²) >= 11 is 0. The van der Waals surface area contributed by atoms with Gasteiger partial charge in [-0.1, -0.05) is 13.8 Å². The molecule has 0 amide bonds. The summed E-state index contributed by atoms with van der Waals surface area (Å²) in [6, 6.07) is 0.162. The summed E-state index contributed by atoms with van der Waals surface area (Å²) in [5, 5.41) is 0. The fraction of sp³-hybridized carbons (Fsp3) is 1.00. The lowest BCUT2D eigenvalue weighted by Crippen LogP contribution is -2.42. The van der Waals surface area contributed by atoms with Gasteiger partial charge in [-0.15, -0.1) is 0 Å². The van der Waals surface area contributed by atoms with E-state index in [1.54, 1.807) is 14.2 Å². The van der Waals surface area contributed by atoms with Crippen molar-refractivity contribution in [2.45, 2.75) is 44.4 Å². The molecule has 1 heterocycles. The predicted octanol–water partition coefficient (Wildman–Crippen LogP) is 0.812. The molecule has 15 heavy (non-hydrogen) atoms. The third-order valence-corrected chi connectivity index (χ3v) is 3.65. The van der Waals surface area contributed by atoms with Crippen LogP contribution in [0.15, 0.2) is 0 Å². The molecule has 1 fully saturated rings. The van der Waals surface area contributed by atoms with Crippen molar-refractivity contribution >= 4 is 7.85 Å². The highest BCUT2D eigenvalue weighted by Gasteiger charge is 2.51. The Morgan fingerprint density at radius 2 is 2.00 bits per heavy atom. The van der Waals surface area contributed by atoms with Gasteiger partial charge < -0.3 is 14.2 Å². The Hall–Kier alpha value is -0.0551. The van der Waals surface area contributed by atoms with Crippen molar-refractivity contribution in [2.75, 3.05) is 20.8 Å². The minimum absolute atomic E-state index is 0.149. The summed E-state index contributed by atoms with van der Waals surface area (Å²) in [5.74, 6) is 0.433. The molecule has 1 saturated heterocycles. The van der Waals surface area contributed by atoms with E-state index in [2.05, 4.69) is 21.7 Å². The standard InChI is InChI=1S/C11H23BO3/c1-5-8-9(14-4)10(12)15-11(8,6-2)7-13-3/h8-10H,5-7,12H2,1-4H3/t8-,9+,10+,11+/m0/s1. The minimum atomic E-state index is -0.149. The van der Waals surface area contributed by atoms with Crippen molar-refractivity contribution in [1.82, 2.24) is 0 Å². The first-order valence-corrected chi connectivity index (χ1v) is 5.84. The molecule has 0 radical (unpaired) electrons. The Balaban J connectivity index is 2.87. The molecule has 1 rings (SSSR count). The van der Waals surface area contributed by atoms with Crippen LogP contribution in [0.3, 0.4) is 0 Å². The highest BCUT2D eigenvalue weighted by molar-refractivity contribution is 6.11. The normalized spacial score (nSPS) is 40.9. The topological polar surface area (TPSA) is 27.7 Å². The van der Waals surface area contributed by atoms with Gasteiger partial charge in [0.05, 0.1) is 24.3 Å². The molecule has 4 heteroatoms. The molecule has 1 aliphatic heterocycles. The summed E-state index contributed by atoms with van der Waals surface area (Å²) in [7, 11) is 5.59. The average molecular weight is 214 g/mol. The maximum atomic E-state index is 6.10. The van der Waals surface area contributed by atoms with Crippen molar-refractivity contribution in [3.05, 3.63) is 0 Å². The number of hydrogen-bond donors (Lipinski definition) is 0. The maximum Gasteiger partial charge on any atom is 0.142 e. The lowest BCUT2D eigenvalue weighted by molar-refractivity contribution is -0.0850. The molecule has 4 atom stereocenters. The highest BCUT2D eigenvalue weighted by Crippen LogP contribution is 2.41. The van der Waals surface area contributed by atoms with Gasteiger partial charge in [-0.05, 0) is 12.8 Å². The van der Waals surface area contributed by atoms with Crippen LogP contribution in [0.1, 0.15) is 26.7 Å². The Morgan fingerprint density at radius 3 is 2.40 bits per heavy atom. The van der Waals surface area contributed by atoms with Gasteiger partial charge in [0.2, 0.25) is 0 Å². The smallest absolute Gasteiger partial charge is 0.142 e. The van der Waals surface area contributed by atoms with Crippen molar-refractivity contribution in [1.29, 1.82) is 0 Å². The van der Waals surface area contributed by atoms with Crippen LogP contribution >= 0.6 is 0 Å². The molecule has 88 valence electrons. The van der Waals surface area contributed by atoms with E-state index in [0.29, 0.717) is 12.5 Å². The lowest BCUT2D eigenvalue weighted by atomic mass is 9.79. The van der Waals surface area contributed by atoms with Gasteiger partial charge in [0.1, 0.15) is 7.85 Å². The molecular weight excluding hydrogens is 191 g/mol. The van der Waals surface area contributed by atoms with E-state index in [4.69, 9.17) is 14.2 Å². The van der Waals surface area contributed by atoms with E-state index in [9.17, 15) is 0 Å². The van der Waals surface area contributed by atoms with E-state index in [1.165, 1.54) is 0 Å². The van der Waals surface area contributed by atoms with Crippen molar-refractivity contribution in [2.24, 2.45) is 5.92 Å². The molecule has 0 aromatic rings. The summed E-state index contributed by atoms with van der Waals surface area (Å²) in [6.07, 6.45) is 2.24. The molecule has 0 saturated carbocycles. The Labute approximate surface area is 93.9 Å². The first-order valence-electron chi connectivity index (χ1n) is 5.84. The third kappa shape index (κ3) is 2.22. The zero-order chi connectivity index (χ0) is 11.5. The Bertz CT molecular complexity index is 200. The van der Waals surface area contributed by atoms with E-state index < -0.39 is 0 Å². The second-order valence-corrected chi connectivity index (χ2v) is 4.39. The van der Waals surface area contributed by atoms with Crippen LogP contribution in [-0.2, 0) is 14.2 Å². The van der Waals surface area contributed by atoms with Crippen LogP contribution in [0.2, 0.25) is 0 Å². The number of rotatable bonds is 5. The maximum absolute atomic E-state index is 6.10. The van der Waals surface area contributed by atoms with E-state index >= 15 is 0 Å². The van der Waals surface area contributed by atoms with Gasteiger partial charge in [0.25, 0.3) is 0 Å². The molecule has 0 aromatic heterocycles. The molecule has 0 unspecified atom stereocenters. The van der Waals surface area contributed by atoms with Crippen molar-refractivity contribution in [3.63, 3.8) is 0 Å². The lowest BCUT2D eigenvalue weighted by Gasteiger charge is -2.33. The number of methoxy groups -OCH3 is 2. The second-order valence-electron chi connectivity index (χ2n) is 4.39. The molecule has 0 aliphatic carbocycles. The summed E-state index contributed by atoms with van der Waals surface area (Å²) in [4.78, 5) is 0. The van der Waals surface area contributed by atoms with E-state index in [1.807, 2.05) is 0 Å². The van der Waals surface area contributed by atoms with E-state index in [0.717, 1.165) is 12.8 Å². The molecule has 0 N–H and O–H groups in total. The third-order valence-electron chi connectivity index (χ3n) is 3.65. The van der Waals surface area contributed by atoms with Crippen LogP contribution in [0.4, 0.5) is 0 Å². The molecular formula is C11H23BO3. The van der Waals surface area contributed by atoms with Crippen LogP contribution in [0.5, 0.6) is 0 Å².